The molecule has 0 bridgehead atoms. The summed E-state index contributed by atoms with van der Waals surface area (Å²) in [6.07, 6.45) is 0.916. The van der Waals surface area contributed by atoms with Gasteiger partial charge < -0.3 is 9.73 Å². The molecular weight excluding hydrogens is 240 g/mol. The van der Waals surface area contributed by atoms with E-state index in [-0.39, 0.29) is 10.9 Å². The first kappa shape index (κ1) is 12.6. The molecule has 96 valence electrons. The van der Waals surface area contributed by atoms with Gasteiger partial charge in [0.2, 0.25) is 10.0 Å². The number of sulfonamides is 1. The van der Waals surface area contributed by atoms with Crippen LogP contribution in [0.1, 0.15) is 24.9 Å². The largest absolute Gasteiger partial charge is 0.464 e. The van der Waals surface area contributed by atoms with Crippen LogP contribution >= 0.6 is 0 Å². The van der Waals surface area contributed by atoms with Crippen LogP contribution in [0.25, 0.3) is 0 Å². The lowest BCUT2D eigenvalue weighted by molar-refractivity contribution is 0.465. The molecule has 6 heteroatoms. The molecule has 2 unspecified atom stereocenters. The van der Waals surface area contributed by atoms with E-state index >= 15 is 0 Å². The molecule has 1 fully saturated rings. The van der Waals surface area contributed by atoms with Gasteiger partial charge >= 0.3 is 0 Å². The van der Waals surface area contributed by atoms with Crippen molar-refractivity contribution in [2.45, 2.75) is 37.8 Å². The Hall–Kier alpha value is -0.850. The maximum Gasteiger partial charge on any atom is 0.244 e. The highest BCUT2D eigenvalue weighted by Crippen LogP contribution is 2.31. The summed E-state index contributed by atoms with van der Waals surface area (Å²) in [5.74, 6) is 1.51. The van der Waals surface area contributed by atoms with Crippen molar-refractivity contribution in [3.63, 3.8) is 0 Å². The Morgan fingerprint density at radius 3 is 2.71 bits per heavy atom. The number of rotatable bonds is 5. The minimum atomic E-state index is -3.43. The lowest BCUT2D eigenvalue weighted by Crippen LogP contribution is -2.27. The van der Waals surface area contributed by atoms with E-state index in [1.165, 1.54) is 0 Å². The topological polar surface area (TPSA) is 71.3 Å². The smallest absolute Gasteiger partial charge is 0.244 e. The van der Waals surface area contributed by atoms with Gasteiger partial charge in [0.15, 0.2) is 0 Å². The van der Waals surface area contributed by atoms with Gasteiger partial charge in [-0.1, -0.05) is 6.92 Å². The molecule has 1 aliphatic rings. The van der Waals surface area contributed by atoms with Crippen LogP contribution in [0, 0.1) is 12.8 Å². The summed E-state index contributed by atoms with van der Waals surface area (Å²) >= 11 is 0. The first-order valence-corrected chi connectivity index (χ1v) is 7.18. The van der Waals surface area contributed by atoms with Crippen LogP contribution in [0.2, 0.25) is 0 Å². The number of aryl methyl sites for hydroxylation is 1. The van der Waals surface area contributed by atoms with E-state index in [1.54, 1.807) is 20.0 Å². The second-order valence-electron chi connectivity index (χ2n) is 4.60. The number of hydrogen-bond acceptors (Lipinski definition) is 4. The van der Waals surface area contributed by atoms with Crippen LogP contribution in [0.4, 0.5) is 0 Å². The average molecular weight is 258 g/mol. The van der Waals surface area contributed by atoms with Crippen LogP contribution in [-0.4, -0.2) is 21.5 Å². The summed E-state index contributed by atoms with van der Waals surface area (Å²) in [6.45, 7) is 4.22. The molecule has 1 heterocycles. The molecule has 1 saturated carbocycles. The molecule has 2 rings (SSSR count). The third kappa shape index (κ3) is 2.70. The average Bonchev–Trinajstić information content (AvgIpc) is 2.74. The highest BCUT2D eigenvalue weighted by atomic mass is 32.2. The molecule has 5 nitrogen and oxygen atoms in total. The second-order valence-corrected chi connectivity index (χ2v) is 6.29. The SMILES string of the molecule is CNCc1cc(S(=O)(=O)NC2CC2C)c(C)o1. The first-order valence-electron chi connectivity index (χ1n) is 5.70. The van der Waals surface area contributed by atoms with E-state index in [1.807, 2.05) is 6.92 Å². The Morgan fingerprint density at radius 2 is 2.18 bits per heavy atom. The van der Waals surface area contributed by atoms with E-state index < -0.39 is 10.0 Å². The van der Waals surface area contributed by atoms with Crippen molar-refractivity contribution in [3.05, 3.63) is 17.6 Å². The highest BCUT2D eigenvalue weighted by Gasteiger charge is 2.37. The van der Waals surface area contributed by atoms with Crippen molar-refractivity contribution in [2.75, 3.05) is 7.05 Å². The van der Waals surface area contributed by atoms with E-state index in [0.717, 1.165) is 6.42 Å². The lowest BCUT2D eigenvalue weighted by atomic mass is 10.4. The van der Waals surface area contributed by atoms with Gasteiger partial charge in [0, 0.05) is 12.1 Å². The minimum absolute atomic E-state index is 0.0852. The summed E-state index contributed by atoms with van der Waals surface area (Å²) in [4.78, 5) is 0.252. The number of nitrogens with one attached hydrogen (secondary N) is 2. The Morgan fingerprint density at radius 1 is 1.53 bits per heavy atom. The highest BCUT2D eigenvalue weighted by molar-refractivity contribution is 7.89. The molecule has 1 aromatic rings. The summed E-state index contributed by atoms with van der Waals surface area (Å²) in [5, 5.41) is 2.93. The van der Waals surface area contributed by atoms with Gasteiger partial charge in [0.05, 0.1) is 6.54 Å². The monoisotopic (exact) mass is 258 g/mol. The van der Waals surface area contributed by atoms with Gasteiger partial charge in [0.1, 0.15) is 16.4 Å². The predicted molar refractivity (Wildman–Crippen MR) is 64.1 cm³/mol. The van der Waals surface area contributed by atoms with E-state index in [4.69, 9.17) is 4.42 Å². The molecular formula is C11H18N2O3S. The maximum absolute atomic E-state index is 12.1. The number of furan rings is 1. The van der Waals surface area contributed by atoms with Crippen molar-refractivity contribution in [3.8, 4) is 0 Å². The Bertz CT molecular complexity index is 507. The molecule has 0 radical (unpaired) electrons. The maximum atomic E-state index is 12.1. The number of hydrogen-bond donors (Lipinski definition) is 2. The summed E-state index contributed by atoms with van der Waals surface area (Å²) in [6, 6.07) is 1.67. The second kappa shape index (κ2) is 4.44. The molecule has 0 spiro atoms. The van der Waals surface area contributed by atoms with Crippen molar-refractivity contribution < 1.29 is 12.8 Å². The van der Waals surface area contributed by atoms with Gasteiger partial charge in [-0.25, -0.2) is 13.1 Å². The van der Waals surface area contributed by atoms with Gasteiger partial charge in [-0.05, 0) is 26.3 Å². The van der Waals surface area contributed by atoms with Gasteiger partial charge in [-0.2, -0.15) is 0 Å². The molecule has 2 atom stereocenters. The van der Waals surface area contributed by atoms with Crippen molar-refractivity contribution in [1.82, 2.24) is 10.0 Å². The standard InChI is InChI=1S/C11H18N2O3S/c1-7-4-10(7)13-17(14,15)11-5-9(6-12-3)16-8(11)2/h5,7,10,12-13H,4,6H2,1-3H3. The van der Waals surface area contributed by atoms with Gasteiger partial charge in [0.25, 0.3) is 0 Å². The lowest BCUT2D eigenvalue weighted by Gasteiger charge is -2.03. The Labute approximate surface area is 102 Å². The molecule has 1 aromatic heterocycles. The molecule has 1 aliphatic carbocycles. The van der Waals surface area contributed by atoms with Gasteiger partial charge in [-0.3, -0.25) is 0 Å². The third-order valence-corrected chi connectivity index (χ3v) is 4.58. The van der Waals surface area contributed by atoms with E-state index in [2.05, 4.69) is 10.0 Å². The van der Waals surface area contributed by atoms with Crippen molar-refractivity contribution in [1.29, 1.82) is 0 Å². The fourth-order valence-corrected chi connectivity index (χ4v) is 3.36. The van der Waals surface area contributed by atoms with Crippen LogP contribution in [0.15, 0.2) is 15.4 Å². The Kier molecular flexibility index (Phi) is 3.29. The quantitative estimate of drug-likeness (QED) is 0.826. The molecule has 0 aliphatic heterocycles. The van der Waals surface area contributed by atoms with E-state index in [0.29, 0.717) is 24.0 Å². The zero-order chi connectivity index (χ0) is 12.6. The normalized spacial score (nSPS) is 23.9. The van der Waals surface area contributed by atoms with Crippen LogP contribution in [-0.2, 0) is 16.6 Å². The molecule has 17 heavy (non-hydrogen) atoms. The van der Waals surface area contributed by atoms with E-state index in [9.17, 15) is 8.42 Å². The Balaban J connectivity index is 2.20. The molecule has 0 aromatic carbocycles. The van der Waals surface area contributed by atoms with Crippen LogP contribution in [0.3, 0.4) is 0 Å². The first-order chi connectivity index (χ1) is 7.94. The van der Waals surface area contributed by atoms with Crippen molar-refractivity contribution in [2.24, 2.45) is 5.92 Å². The fourth-order valence-electron chi connectivity index (χ4n) is 1.80. The zero-order valence-electron chi connectivity index (χ0n) is 10.3. The molecule has 0 saturated heterocycles. The molecule has 2 N–H and O–H groups in total. The predicted octanol–water partition coefficient (Wildman–Crippen LogP) is 0.994. The molecule has 0 amide bonds. The van der Waals surface area contributed by atoms with Crippen LogP contribution in [0.5, 0.6) is 0 Å². The summed E-state index contributed by atoms with van der Waals surface area (Å²) in [5.41, 5.74) is 0. The van der Waals surface area contributed by atoms with Crippen molar-refractivity contribution >= 4 is 10.0 Å². The summed E-state index contributed by atoms with van der Waals surface area (Å²) in [7, 11) is -1.64. The zero-order valence-corrected chi connectivity index (χ0v) is 11.1. The fraction of sp³-hybridized carbons (Fsp3) is 0.636. The third-order valence-electron chi connectivity index (χ3n) is 2.98. The minimum Gasteiger partial charge on any atom is -0.464 e. The van der Waals surface area contributed by atoms with Crippen LogP contribution < -0.4 is 10.0 Å². The summed E-state index contributed by atoms with van der Waals surface area (Å²) < 4.78 is 32.2. The van der Waals surface area contributed by atoms with Gasteiger partial charge in [-0.15, -0.1) is 0 Å².